The van der Waals surface area contributed by atoms with E-state index in [9.17, 15) is 8.42 Å². The summed E-state index contributed by atoms with van der Waals surface area (Å²) >= 11 is 0. The smallest absolute Gasteiger partial charge is 0.262 e. The van der Waals surface area contributed by atoms with Crippen LogP contribution < -0.4 is 5.73 Å². The Morgan fingerprint density at radius 1 is 1.40 bits per heavy atom. The fraction of sp³-hybridized carbons (Fsp3) is 0.769. The van der Waals surface area contributed by atoms with Gasteiger partial charge in [-0.2, -0.15) is 4.31 Å². The molecule has 1 aliphatic heterocycles. The van der Waals surface area contributed by atoms with Crippen molar-refractivity contribution in [2.75, 3.05) is 18.8 Å². The van der Waals surface area contributed by atoms with Gasteiger partial charge < -0.3 is 10.3 Å². The maximum Gasteiger partial charge on any atom is 0.262 e. The molecule has 6 nitrogen and oxygen atoms in total. The van der Waals surface area contributed by atoms with Gasteiger partial charge in [-0.15, -0.1) is 0 Å². The Bertz CT molecular complexity index is 533. The van der Waals surface area contributed by atoms with Crippen molar-refractivity contribution >= 4 is 15.8 Å². The van der Waals surface area contributed by atoms with Crippen molar-refractivity contribution in [3.05, 3.63) is 6.33 Å². The molecule has 2 heterocycles. The minimum Gasteiger partial charge on any atom is -0.381 e. The summed E-state index contributed by atoms with van der Waals surface area (Å²) in [5.41, 5.74) is 5.71. The average molecular weight is 300 g/mol. The third-order valence-corrected chi connectivity index (χ3v) is 6.03. The van der Waals surface area contributed by atoms with Crippen LogP contribution in [0.3, 0.4) is 0 Å². The van der Waals surface area contributed by atoms with Crippen LogP contribution in [-0.4, -0.2) is 35.4 Å². The quantitative estimate of drug-likeness (QED) is 0.915. The summed E-state index contributed by atoms with van der Waals surface area (Å²) in [4.78, 5) is 3.88. The number of aryl methyl sites for hydroxylation is 1. The van der Waals surface area contributed by atoms with Gasteiger partial charge in [-0.3, -0.25) is 0 Å². The molecule has 1 aliphatic rings. The zero-order valence-electron chi connectivity index (χ0n) is 12.2. The molecule has 2 N–H and O–H groups in total. The van der Waals surface area contributed by atoms with Crippen molar-refractivity contribution in [1.82, 2.24) is 13.9 Å². The van der Waals surface area contributed by atoms with Crippen LogP contribution in [0.5, 0.6) is 0 Å². The third-order valence-electron chi connectivity index (χ3n) is 4.00. The van der Waals surface area contributed by atoms with E-state index < -0.39 is 10.0 Å². The summed E-state index contributed by atoms with van der Waals surface area (Å²) in [6.07, 6.45) is 6.75. The van der Waals surface area contributed by atoms with Gasteiger partial charge in [-0.05, 0) is 25.2 Å². The molecule has 1 atom stereocenters. The van der Waals surface area contributed by atoms with E-state index >= 15 is 0 Å². The number of imidazole rings is 1. The van der Waals surface area contributed by atoms with Crippen molar-refractivity contribution in [3.8, 4) is 0 Å². The van der Waals surface area contributed by atoms with E-state index in [1.165, 1.54) is 17.3 Å². The van der Waals surface area contributed by atoms with Crippen molar-refractivity contribution in [2.45, 2.75) is 44.1 Å². The van der Waals surface area contributed by atoms with E-state index in [0.29, 0.717) is 19.0 Å². The molecule has 0 aliphatic carbocycles. The number of sulfonamides is 1. The Labute approximate surface area is 121 Å². The molecule has 0 aromatic carbocycles. The highest BCUT2D eigenvalue weighted by Crippen LogP contribution is 2.27. The standard InChI is InChI=1S/C13H24N4O2S/c1-3-5-11-6-4-8-17(9-7-11)20(18,19)13-12(14)15-10-16(13)2/h10-11H,3-9,14H2,1-2H3. The van der Waals surface area contributed by atoms with E-state index in [2.05, 4.69) is 11.9 Å². The summed E-state index contributed by atoms with van der Waals surface area (Å²) in [5, 5.41) is 0.117. The minimum absolute atomic E-state index is 0.0851. The van der Waals surface area contributed by atoms with Crippen molar-refractivity contribution in [2.24, 2.45) is 13.0 Å². The molecular formula is C13H24N4O2S. The summed E-state index contributed by atoms with van der Waals surface area (Å²) < 4.78 is 28.4. The van der Waals surface area contributed by atoms with Crippen LogP contribution in [0.15, 0.2) is 11.4 Å². The fourth-order valence-corrected chi connectivity index (χ4v) is 4.64. The molecule has 1 aromatic heterocycles. The number of hydrogen-bond donors (Lipinski definition) is 1. The van der Waals surface area contributed by atoms with E-state index in [0.717, 1.165) is 25.7 Å². The lowest BCUT2D eigenvalue weighted by Crippen LogP contribution is -2.33. The molecule has 1 fully saturated rings. The first-order valence-corrected chi connectivity index (χ1v) is 8.67. The number of nitrogens with two attached hydrogens (primary N) is 1. The highest BCUT2D eigenvalue weighted by Gasteiger charge is 2.31. The van der Waals surface area contributed by atoms with Gasteiger partial charge in [-0.25, -0.2) is 13.4 Å². The maximum absolute atomic E-state index is 12.7. The van der Waals surface area contributed by atoms with E-state index in [1.54, 1.807) is 11.4 Å². The van der Waals surface area contributed by atoms with Gasteiger partial charge in [0, 0.05) is 20.1 Å². The molecule has 2 rings (SSSR count). The number of aromatic nitrogens is 2. The molecule has 0 spiro atoms. The third kappa shape index (κ3) is 2.98. The van der Waals surface area contributed by atoms with E-state index in [1.807, 2.05) is 0 Å². The van der Waals surface area contributed by atoms with Gasteiger partial charge in [0.25, 0.3) is 10.0 Å². The topological polar surface area (TPSA) is 81.2 Å². The van der Waals surface area contributed by atoms with Gasteiger partial charge in [-0.1, -0.05) is 19.8 Å². The predicted octanol–water partition coefficient (Wildman–Crippen LogP) is 1.59. The van der Waals surface area contributed by atoms with Crippen LogP contribution >= 0.6 is 0 Å². The Hall–Kier alpha value is -1.08. The van der Waals surface area contributed by atoms with E-state index in [4.69, 9.17) is 5.73 Å². The molecule has 20 heavy (non-hydrogen) atoms. The van der Waals surface area contributed by atoms with Crippen LogP contribution in [0.4, 0.5) is 5.82 Å². The molecule has 0 amide bonds. The monoisotopic (exact) mass is 300 g/mol. The number of hydrogen-bond acceptors (Lipinski definition) is 4. The summed E-state index contributed by atoms with van der Waals surface area (Å²) in [6.45, 7) is 3.33. The Morgan fingerprint density at radius 3 is 2.75 bits per heavy atom. The Morgan fingerprint density at radius 2 is 2.15 bits per heavy atom. The van der Waals surface area contributed by atoms with Gasteiger partial charge in [0.2, 0.25) is 0 Å². The highest BCUT2D eigenvalue weighted by molar-refractivity contribution is 7.89. The van der Waals surface area contributed by atoms with Crippen LogP contribution in [0.25, 0.3) is 0 Å². The van der Waals surface area contributed by atoms with Crippen LogP contribution in [0.2, 0.25) is 0 Å². The molecule has 0 saturated carbocycles. The molecule has 1 saturated heterocycles. The molecule has 114 valence electrons. The Balaban J connectivity index is 2.18. The Kier molecular flexibility index (Phi) is 4.70. The summed E-state index contributed by atoms with van der Waals surface area (Å²) in [6, 6.07) is 0. The van der Waals surface area contributed by atoms with Crippen molar-refractivity contribution in [3.63, 3.8) is 0 Å². The number of nitrogens with zero attached hydrogens (tertiary/aromatic N) is 3. The normalized spacial score (nSPS) is 21.8. The SMILES string of the molecule is CCCC1CCCN(S(=O)(=O)c2c(N)ncn2C)CC1. The van der Waals surface area contributed by atoms with Gasteiger partial charge in [0.1, 0.15) is 0 Å². The lowest BCUT2D eigenvalue weighted by Gasteiger charge is -2.20. The predicted molar refractivity (Wildman–Crippen MR) is 78.6 cm³/mol. The van der Waals surface area contributed by atoms with Crippen molar-refractivity contribution < 1.29 is 8.42 Å². The van der Waals surface area contributed by atoms with Crippen LogP contribution in [-0.2, 0) is 17.1 Å². The first kappa shape index (κ1) is 15.3. The lowest BCUT2D eigenvalue weighted by molar-refractivity contribution is 0.397. The zero-order chi connectivity index (χ0) is 14.8. The minimum atomic E-state index is -3.53. The van der Waals surface area contributed by atoms with Gasteiger partial charge >= 0.3 is 0 Å². The van der Waals surface area contributed by atoms with Gasteiger partial charge in [0.05, 0.1) is 6.33 Å². The molecule has 1 aromatic rings. The molecule has 0 radical (unpaired) electrons. The largest absolute Gasteiger partial charge is 0.381 e. The highest BCUT2D eigenvalue weighted by atomic mass is 32.2. The first-order chi connectivity index (χ1) is 9.46. The summed E-state index contributed by atoms with van der Waals surface area (Å²) in [7, 11) is -1.87. The molecule has 7 heteroatoms. The molecule has 0 bridgehead atoms. The second-order valence-electron chi connectivity index (χ2n) is 5.54. The van der Waals surface area contributed by atoms with Crippen LogP contribution in [0, 0.1) is 5.92 Å². The zero-order valence-corrected chi connectivity index (χ0v) is 13.1. The molecular weight excluding hydrogens is 276 g/mol. The van der Waals surface area contributed by atoms with Crippen molar-refractivity contribution in [1.29, 1.82) is 0 Å². The fourth-order valence-electron chi connectivity index (χ4n) is 2.95. The van der Waals surface area contributed by atoms with E-state index in [-0.39, 0.29) is 10.8 Å². The second-order valence-corrected chi connectivity index (χ2v) is 7.39. The molecule has 1 unspecified atom stereocenters. The number of nitrogen functional groups attached to an aromatic ring is 1. The lowest BCUT2D eigenvalue weighted by atomic mass is 9.96. The number of anilines is 1. The second kappa shape index (κ2) is 6.13. The summed E-state index contributed by atoms with van der Waals surface area (Å²) in [5.74, 6) is 0.728. The first-order valence-electron chi connectivity index (χ1n) is 7.23. The van der Waals surface area contributed by atoms with Gasteiger partial charge in [0.15, 0.2) is 10.8 Å². The number of rotatable bonds is 4. The maximum atomic E-state index is 12.7. The van der Waals surface area contributed by atoms with Crippen LogP contribution in [0.1, 0.15) is 39.0 Å². The average Bonchev–Trinajstić information content (AvgIpc) is 2.62.